The number of aromatic nitrogens is 2. The molecule has 0 bridgehead atoms. The van der Waals surface area contributed by atoms with Gasteiger partial charge in [0.1, 0.15) is 5.82 Å². The molecule has 27 heavy (non-hydrogen) atoms. The van der Waals surface area contributed by atoms with E-state index in [-0.39, 0.29) is 12.2 Å². The van der Waals surface area contributed by atoms with Gasteiger partial charge in [-0.05, 0) is 30.7 Å². The van der Waals surface area contributed by atoms with Gasteiger partial charge in [0.25, 0.3) is 0 Å². The zero-order chi connectivity index (χ0) is 20.0. The van der Waals surface area contributed by atoms with Crippen LogP contribution in [0.4, 0.5) is 18.0 Å². The van der Waals surface area contributed by atoms with E-state index < -0.39 is 35.9 Å². The Morgan fingerprint density at radius 1 is 1.19 bits per heavy atom. The summed E-state index contributed by atoms with van der Waals surface area (Å²) in [4.78, 5) is 30.9. The highest BCUT2D eigenvalue weighted by molar-refractivity contribution is 5.77. The second-order valence-corrected chi connectivity index (χ2v) is 5.59. The summed E-state index contributed by atoms with van der Waals surface area (Å²) in [5.41, 5.74) is -0.409. The summed E-state index contributed by atoms with van der Waals surface area (Å²) >= 11 is 0. The molecule has 2 N–H and O–H groups in total. The molecule has 0 fully saturated rings. The number of rotatable bonds is 6. The van der Waals surface area contributed by atoms with Crippen molar-refractivity contribution in [2.24, 2.45) is 0 Å². The lowest BCUT2D eigenvalue weighted by Gasteiger charge is -2.18. The summed E-state index contributed by atoms with van der Waals surface area (Å²) < 4.78 is 42.6. The van der Waals surface area contributed by atoms with E-state index in [4.69, 9.17) is 4.74 Å². The lowest BCUT2D eigenvalue weighted by molar-refractivity contribution is -0.146. The van der Waals surface area contributed by atoms with E-state index in [0.717, 1.165) is 12.1 Å². The predicted molar refractivity (Wildman–Crippen MR) is 86.6 cm³/mol. The number of alkyl carbamates (subject to hydrolysis) is 1. The fraction of sp³-hybridized carbons (Fsp3) is 0.294. The Balaban J connectivity index is 1.97. The normalized spacial score (nSPS) is 13.5. The number of carboxylic acid groups (broad SMARTS) is 1. The second kappa shape index (κ2) is 8.47. The van der Waals surface area contributed by atoms with Gasteiger partial charge in [0.05, 0.1) is 18.0 Å². The summed E-state index contributed by atoms with van der Waals surface area (Å²) in [6.45, 7) is 1.53. The topological polar surface area (TPSA) is 101 Å². The largest absolute Gasteiger partial charge is 0.478 e. The number of halogens is 3. The molecule has 2 atom stereocenters. The van der Waals surface area contributed by atoms with Crippen LogP contribution in [0.15, 0.2) is 42.7 Å². The molecular formula is C17H16F3N3O4. The van der Waals surface area contributed by atoms with Crippen LogP contribution in [-0.4, -0.2) is 33.2 Å². The van der Waals surface area contributed by atoms with Crippen LogP contribution in [0.3, 0.4) is 0 Å². The number of aliphatic carboxylic acids is 1. The first-order chi connectivity index (χ1) is 12.7. The maximum absolute atomic E-state index is 12.6. The van der Waals surface area contributed by atoms with Gasteiger partial charge in [-0.3, -0.25) is 0 Å². The monoisotopic (exact) mass is 383 g/mol. The maximum Gasteiger partial charge on any atom is 0.416 e. The van der Waals surface area contributed by atoms with Gasteiger partial charge >= 0.3 is 18.2 Å². The van der Waals surface area contributed by atoms with Gasteiger partial charge < -0.3 is 15.2 Å². The van der Waals surface area contributed by atoms with Crippen molar-refractivity contribution in [3.05, 3.63) is 59.7 Å². The molecule has 0 saturated heterocycles. The van der Waals surface area contributed by atoms with E-state index in [1.54, 1.807) is 6.07 Å². The predicted octanol–water partition coefficient (Wildman–Crippen LogP) is 2.98. The molecule has 2 rings (SSSR count). The summed E-state index contributed by atoms with van der Waals surface area (Å²) in [5.74, 6) is -1.19. The molecule has 1 amide bonds. The molecule has 144 valence electrons. The number of carboxylic acids is 1. The van der Waals surface area contributed by atoms with Gasteiger partial charge in [0.15, 0.2) is 0 Å². The Kier molecular flexibility index (Phi) is 6.32. The van der Waals surface area contributed by atoms with Crippen LogP contribution in [0.1, 0.15) is 29.9 Å². The molecule has 2 aromatic rings. The minimum atomic E-state index is -4.46. The van der Waals surface area contributed by atoms with E-state index >= 15 is 0 Å². The Morgan fingerprint density at radius 2 is 1.78 bits per heavy atom. The van der Waals surface area contributed by atoms with Crippen molar-refractivity contribution in [1.82, 2.24) is 15.3 Å². The fourth-order valence-corrected chi connectivity index (χ4v) is 2.16. The van der Waals surface area contributed by atoms with Crippen LogP contribution in [0.5, 0.6) is 0 Å². The lowest BCUT2D eigenvalue weighted by atomic mass is 10.1. The van der Waals surface area contributed by atoms with Crippen molar-refractivity contribution in [2.75, 3.05) is 0 Å². The molecule has 0 saturated carbocycles. The third-order valence-corrected chi connectivity index (χ3v) is 3.58. The molecule has 0 aliphatic heterocycles. The number of amides is 1. The quantitative estimate of drug-likeness (QED) is 0.795. The van der Waals surface area contributed by atoms with Crippen molar-refractivity contribution in [3.8, 4) is 0 Å². The van der Waals surface area contributed by atoms with E-state index in [9.17, 15) is 27.9 Å². The summed E-state index contributed by atoms with van der Waals surface area (Å²) in [6.07, 6.45) is -4.36. The molecule has 1 unspecified atom stereocenters. The molecule has 0 spiro atoms. The highest BCUT2D eigenvalue weighted by atomic mass is 19.4. The third-order valence-electron chi connectivity index (χ3n) is 3.58. The van der Waals surface area contributed by atoms with Gasteiger partial charge in [-0.15, -0.1) is 0 Å². The number of alkyl halides is 3. The molecule has 0 radical (unpaired) electrons. The van der Waals surface area contributed by atoms with E-state index in [0.29, 0.717) is 5.56 Å². The highest BCUT2D eigenvalue weighted by Crippen LogP contribution is 2.29. The van der Waals surface area contributed by atoms with Crippen molar-refractivity contribution < 1.29 is 32.6 Å². The van der Waals surface area contributed by atoms with E-state index in [1.807, 2.05) is 0 Å². The summed E-state index contributed by atoms with van der Waals surface area (Å²) in [7, 11) is 0. The number of benzene rings is 1. The summed E-state index contributed by atoms with van der Waals surface area (Å²) in [5, 5.41) is 11.6. The zero-order valence-electron chi connectivity index (χ0n) is 14.1. The van der Waals surface area contributed by atoms with Crippen molar-refractivity contribution >= 4 is 12.1 Å². The summed E-state index contributed by atoms with van der Waals surface area (Å²) in [6, 6.07) is 5.10. The average molecular weight is 383 g/mol. The van der Waals surface area contributed by atoms with Crippen LogP contribution in [0.25, 0.3) is 0 Å². The Hall–Kier alpha value is -3.17. The first-order valence-electron chi connectivity index (χ1n) is 7.80. The van der Waals surface area contributed by atoms with Crippen LogP contribution >= 0.6 is 0 Å². The number of hydrogen-bond acceptors (Lipinski definition) is 5. The molecule has 10 heteroatoms. The molecule has 1 heterocycles. The Morgan fingerprint density at radius 3 is 2.30 bits per heavy atom. The molecule has 0 aliphatic carbocycles. The smallest absolute Gasteiger partial charge is 0.416 e. The zero-order valence-corrected chi connectivity index (χ0v) is 14.1. The fourth-order valence-electron chi connectivity index (χ4n) is 2.16. The van der Waals surface area contributed by atoms with Gasteiger partial charge in [-0.1, -0.05) is 12.1 Å². The van der Waals surface area contributed by atoms with Crippen LogP contribution in [-0.2, 0) is 22.1 Å². The number of carbonyl (C=O) groups is 2. The van der Waals surface area contributed by atoms with Gasteiger partial charge in [0, 0.05) is 12.4 Å². The number of ether oxygens (including phenoxy) is 1. The lowest BCUT2D eigenvalue weighted by Crippen LogP contribution is -2.36. The minimum Gasteiger partial charge on any atom is -0.478 e. The Labute approximate surface area is 152 Å². The molecular weight excluding hydrogens is 367 g/mol. The third kappa shape index (κ3) is 5.94. The first kappa shape index (κ1) is 20.1. The number of carbonyl (C=O) groups excluding carboxylic acids is 1. The number of nitrogens with one attached hydrogen (secondary N) is 1. The standard InChI is InChI=1S/C17H16F3N3O4/c1-10(11-3-5-12(6-4-11)17(18,19)20)23-16(26)27-13(15(24)25)9-14-21-7-2-8-22-14/h2-8,10,13H,9H2,1H3,(H,23,26)(H,24,25)/t10-,13?/m0/s1. The van der Waals surface area contributed by atoms with Crippen LogP contribution in [0, 0.1) is 0 Å². The number of nitrogens with zero attached hydrogens (tertiary/aromatic N) is 2. The van der Waals surface area contributed by atoms with Crippen LogP contribution in [0.2, 0.25) is 0 Å². The van der Waals surface area contributed by atoms with Crippen molar-refractivity contribution in [1.29, 1.82) is 0 Å². The number of hydrogen-bond donors (Lipinski definition) is 2. The van der Waals surface area contributed by atoms with Crippen molar-refractivity contribution in [2.45, 2.75) is 31.7 Å². The average Bonchev–Trinajstić information content (AvgIpc) is 2.61. The van der Waals surface area contributed by atoms with E-state index in [2.05, 4.69) is 15.3 Å². The second-order valence-electron chi connectivity index (χ2n) is 5.59. The molecule has 0 aliphatic rings. The Bertz CT molecular complexity index is 782. The SMILES string of the molecule is C[C@H](NC(=O)OC(Cc1ncccn1)C(=O)O)c1ccc(C(F)(F)F)cc1. The van der Waals surface area contributed by atoms with Gasteiger partial charge in [-0.25, -0.2) is 19.6 Å². The first-order valence-corrected chi connectivity index (χ1v) is 7.80. The van der Waals surface area contributed by atoms with E-state index in [1.165, 1.54) is 31.5 Å². The minimum absolute atomic E-state index is 0.188. The van der Waals surface area contributed by atoms with Gasteiger partial charge in [0.2, 0.25) is 6.10 Å². The van der Waals surface area contributed by atoms with Gasteiger partial charge in [-0.2, -0.15) is 13.2 Å². The molecule has 7 nitrogen and oxygen atoms in total. The van der Waals surface area contributed by atoms with Crippen molar-refractivity contribution in [3.63, 3.8) is 0 Å². The molecule has 1 aromatic heterocycles. The maximum atomic E-state index is 12.6. The highest BCUT2D eigenvalue weighted by Gasteiger charge is 2.30. The molecule has 1 aromatic carbocycles. The van der Waals surface area contributed by atoms with Crippen LogP contribution < -0.4 is 5.32 Å².